The Labute approximate surface area is 137 Å². The zero-order valence-electron chi connectivity index (χ0n) is 13.4. The third-order valence-corrected chi connectivity index (χ3v) is 3.66. The van der Waals surface area contributed by atoms with Crippen molar-refractivity contribution in [1.29, 1.82) is 0 Å². The van der Waals surface area contributed by atoms with E-state index in [1.807, 2.05) is 30.3 Å². The number of unbranched alkanes of at least 4 members (excludes halogenated alkanes) is 1. The maximum Gasteiger partial charge on any atom is 0.331 e. The molecule has 1 aliphatic heterocycles. The summed E-state index contributed by atoms with van der Waals surface area (Å²) in [6.45, 7) is 2.52. The third kappa shape index (κ3) is 6.00. The molecule has 0 fully saturated rings. The van der Waals surface area contributed by atoms with Gasteiger partial charge in [0, 0.05) is 6.08 Å². The lowest BCUT2D eigenvalue weighted by atomic mass is 10.1. The van der Waals surface area contributed by atoms with Gasteiger partial charge in [-0.05, 0) is 24.1 Å². The summed E-state index contributed by atoms with van der Waals surface area (Å²) in [4.78, 5) is 11.4. The van der Waals surface area contributed by atoms with E-state index in [2.05, 4.69) is 6.92 Å². The standard InChI is InChI=1S/C19H24O4/c1-2-3-9-16(20)10-11-18-17(12-13-19(21)23-18)22-14-15-7-5-4-6-8-15/h4-8,10-13,16-18,20H,2-3,9,14H2,1H3/b11-10-/t16-,17-,18-/m0/s1. The highest BCUT2D eigenvalue weighted by molar-refractivity contribution is 5.83. The molecule has 0 bridgehead atoms. The predicted octanol–water partition coefficient (Wildman–Crippen LogP) is 3.16. The highest BCUT2D eigenvalue weighted by Gasteiger charge is 2.25. The number of carbonyl (C=O) groups is 1. The monoisotopic (exact) mass is 316 g/mol. The molecule has 1 aliphatic rings. The van der Waals surface area contributed by atoms with Crippen LogP contribution in [0.2, 0.25) is 0 Å². The Kier molecular flexibility index (Phi) is 7.04. The molecule has 3 atom stereocenters. The average molecular weight is 316 g/mol. The van der Waals surface area contributed by atoms with Crippen molar-refractivity contribution < 1.29 is 19.4 Å². The molecular weight excluding hydrogens is 292 g/mol. The van der Waals surface area contributed by atoms with E-state index in [9.17, 15) is 9.90 Å². The minimum atomic E-state index is -0.519. The maximum absolute atomic E-state index is 11.4. The number of ether oxygens (including phenoxy) is 2. The molecule has 1 N–H and O–H groups in total. The van der Waals surface area contributed by atoms with Gasteiger partial charge in [0.05, 0.1) is 12.7 Å². The number of carbonyl (C=O) groups excluding carboxylic acids is 1. The lowest BCUT2D eigenvalue weighted by Gasteiger charge is -2.25. The van der Waals surface area contributed by atoms with Crippen molar-refractivity contribution in [3.05, 3.63) is 60.2 Å². The molecule has 0 amide bonds. The summed E-state index contributed by atoms with van der Waals surface area (Å²) in [5.41, 5.74) is 1.06. The largest absolute Gasteiger partial charge is 0.452 e. The molecule has 4 heteroatoms. The zero-order valence-corrected chi connectivity index (χ0v) is 13.4. The van der Waals surface area contributed by atoms with Crippen molar-refractivity contribution in [2.45, 2.75) is 51.1 Å². The number of hydrogen-bond acceptors (Lipinski definition) is 4. The van der Waals surface area contributed by atoms with Crippen LogP contribution in [0, 0.1) is 0 Å². The molecule has 0 saturated heterocycles. The highest BCUT2D eigenvalue weighted by atomic mass is 16.6. The first-order valence-corrected chi connectivity index (χ1v) is 8.09. The van der Waals surface area contributed by atoms with Gasteiger partial charge in [-0.2, -0.15) is 0 Å². The molecular formula is C19H24O4. The number of rotatable bonds is 8. The smallest absolute Gasteiger partial charge is 0.331 e. The average Bonchev–Trinajstić information content (AvgIpc) is 2.58. The van der Waals surface area contributed by atoms with Gasteiger partial charge in [-0.3, -0.25) is 0 Å². The van der Waals surface area contributed by atoms with Gasteiger partial charge in [-0.1, -0.05) is 56.2 Å². The molecule has 0 radical (unpaired) electrons. The van der Waals surface area contributed by atoms with Crippen molar-refractivity contribution in [1.82, 2.24) is 0 Å². The number of cyclic esters (lactones) is 1. The SMILES string of the molecule is CCCC[C@H](O)/C=C\[C@@H]1OC(=O)C=C[C@@H]1OCc1ccccc1. The topological polar surface area (TPSA) is 55.8 Å². The number of aliphatic hydroxyl groups is 1. The van der Waals surface area contributed by atoms with E-state index in [4.69, 9.17) is 9.47 Å². The molecule has 0 unspecified atom stereocenters. The molecule has 1 aromatic carbocycles. The van der Waals surface area contributed by atoms with Crippen LogP contribution in [0.5, 0.6) is 0 Å². The molecule has 0 aromatic heterocycles. The first-order chi connectivity index (χ1) is 11.2. The fraction of sp³-hybridized carbons (Fsp3) is 0.421. The fourth-order valence-electron chi connectivity index (χ4n) is 2.34. The first-order valence-electron chi connectivity index (χ1n) is 8.09. The Hall–Kier alpha value is -1.91. The molecule has 1 aromatic rings. The van der Waals surface area contributed by atoms with Crippen LogP contribution >= 0.6 is 0 Å². The Bertz CT molecular complexity index is 536. The highest BCUT2D eigenvalue weighted by Crippen LogP contribution is 2.16. The molecule has 1 heterocycles. The third-order valence-electron chi connectivity index (χ3n) is 3.66. The molecule has 4 nitrogen and oxygen atoms in total. The minimum absolute atomic E-state index is 0.345. The van der Waals surface area contributed by atoms with Gasteiger partial charge in [0.25, 0.3) is 0 Å². The van der Waals surface area contributed by atoms with Gasteiger partial charge in [0.15, 0.2) is 6.10 Å². The quantitative estimate of drug-likeness (QED) is 0.591. The maximum atomic E-state index is 11.4. The minimum Gasteiger partial charge on any atom is -0.452 e. The molecule has 23 heavy (non-hydrogen) atoms. The molecule has 0 aliphatic carbocycles. The van der Waals surface area contributed by atoms with E-state index in [1.165, 1.54) is 6.08 Å². The normalized spacial score (nSPS) is 22.3. The second kappa shape index (κ2) is 9.28. The lowest BCUT2D eigenvalue weighted by Crippen LogP contribution is -2.33. The Morgan fingerprint density at radius 3 is 2.87 bits per heavy atom. The van der Waals surface area contributed by atoms with Crippen LogP contribution in [0.25, 0.3) is 0 Å². The van der Waals surface area contributed by atoms with Crippen LogP contribution in [0.4, 0.5) is 0 Å². The summed E-state index contributed by atoms with van der Waals surface area (Å²) in [6.07, 6.45) is 7.83. The number of hydrogen-bond donors (Lipinski definition) is 1. The van der Waals surface area contributed by atoms with Crippen LogP contribution in [-0.2, 0) is 20.9 Å². The Balaban J connectivity index is 1.93. The summed E-state index contributed by atoms with van der Waals surface area (Å²) in [5, 5.41) is 9.88. The van der Waals surface area contributed by atoms with Crippen LogP contribution in [0.15, 0.2) is 54.6 Å². The van der Waals surface area contributed by atoms with E-state index in [1.54, 1.807) is 18.2 Å². The van der Waals surface area contributed by atoms with Gasteiger partial charge in [-0.15, -0.1) is 0 Å². The second-order valence-corrected chi connectivity index (χ2v) is 5.62. The van der Waals surface area contributed by atoms with Crippen molar-refractivity contribution >= 4 is 5.97 Å². The Morgan fingerprint density at radius 1 is 1.35 bits per heavy atom. The van der Waals surface area contributed by atoms with Gasteiger partial charge >= 0.3 is 5.97 Å². The first kappa shape index (κ1) is 17.4. The van der Waals surface area contributed by atoms with E-state index >= 15 is 0 Å². The van der Waals surface area contributed by atoms with Gasteiger partial charge in [0.1, 0.15) is 6.10 Å². The van der Waals surface area contributed by atoms with Crippen LogP contribution in [-0.4, -0.2) is 29.4 Å². The Morgan fingerprint density at radius 2 is 2.13 bits per heavy atom. The van der Waals surface area contributed by atoms with E-state index < -0.39 is 12.2 Å². The van der Waals surface area contributed by atoms with E-state index in [-0.39, 0.29) is 12.1 Å². The number of benzene rings is 1. The van der Waals surface area contributed by atoms with E-state index in [0.29, 0.717) is 13.0 Å². The van der Waals surface area contributed by atoms with Crippen molar-refractivity contribution in [3.8, 4) is 0 Å². The van der Waals surface area contributed by atoms with E-state index in [0.717, 1.165) is 18.4 Å². The lowest BCUT2D eigenvalue weighted by molar-refractivity contribution is -0.148. The van der Waals surface area contributed by atoms with Gasteiger partial charge in [0.2, 0.25) is 0 Å². The van der Waals surface area contributed by atoms with Crippen LogP contribution < -0.4 is 0 Å². The molecule has 124 valence electrons. The summed E-state index contributed by atoms with van der Waals surface area (Å²) in [7, 11) is 0. The molecule has 2 rings (SSSR count). The summed E-state index contributed by atoms with van der Waals surface area (Å²) in [6, 6.07) is 9.83. The number of esters is 1. The summed E-state index contributed by atoms with van der Waals surface area (Å²) < 4.78 is 11.1. The molecule has 0 spiro atoms. The second-order valence-electron chi connectivity index (χ2n) is 5.62. The van der Waals surface area contributed by atoms with Crippen molar-refractivity contribution in [2.24, 2.45) is 0 Å². The number of aliphatic hydroxyl groups excluding tert-OH is 1. The predicted molar refractivity (Wildman–Crippen MR) is 88.7 cm³/mol. The van der Waals surface area contributed by atoms with Gasteiger partial charge in [-0.25, -0.2) is 4.79 Å². The van der Waals surface area contributed by atoms with Crippen molar-refractivity contribution in [3.63, 3.8) is 0 Å². The van der Waals surface area contributed by atoms with Crippen LogP contribution in [0.3, 0.4) is 0 Å². The van der Waals surface area contributed by atoms with Gasteiger partial charge < -0.3 is 14.6 Å². The zero-order chi connectivity index (χ0) is 16.5. The summed E-state index contributed by atoms with van der Waals surface area (Å²) >= 11 is 0. The van der Waals surface area contributed by atoms with Crippen LogP contribution in [0.1, 0.15) is 31.7 Å². The summed E-state index contributed by atoms with van der Waals surface area (Å²) in [5.74, 6) is -0.387. The molecule has 0 saturated carbocycles. The van der Waals surface area contributed by atoms with Crippen molar-refractivity contribution in [2.75, 3.05) is 0 Å². The fourth-order valence-corrected chi connectivity index (χ4v) is 2.34.